The molecule has 0 spiro atoms. The lowest BCUT2D eigenvalue weighted by atomic mass is 10.0. The molecule has 0 aliphatic heterocycles. The minimum absolute atomic E-state index is 0.823. The zero-order valence-electron chi connectivity index (χ0n) is 10.6. The van der Waals surface area contributed by atoms with Gasteiger partial charge >= 0.3 is 0 Å². The quantitative estimate of drug-likeness (QED) is 0.688. The molecule has 0 unspecified atom stereocenters. The molecule has 1 aromatic heterocycles. The van der Waals surface area contributed by atoms with E-state index in [1.165, 1.54) is 5.56 Å². The highest BCUT2D eigenvalue weighted by Gasteiger charge is 2.07. The van der Waals surface area contributed by atoms with E-state index >= 15 is 0 Å². The van der Waals surface area contributed by atoms with Gasteiger partial charge in [0.2, 0.25) is 0 Å². The lowest BCUT2D eigenvalue weighted by Crippen LogP contribution is -1.98. The van der Waals surface area contributed by atoms with Crippen LogP contribution in [0.2, 0.25) is 0 Å². The van der Waals surface area contributed by atoms with Crippen molar-refractivity contribution in [2.45, 2.75) is 0 Å². The fourth-order valence-corrected chi connectivity index (χ4v) is 2.43. The van der Waals surface area contributed by atoms with Crippen molar-refractivity contribution < 1.29 is 0 Å². The van der Waals surface area contributed by atoms with Gasteiger partial charge < -0.3 is 5.32 Å². The van der Waals surface area contributed by atoms with Crippen LogP contribution >= 0.6 is 22.6 Å². The molecule has 0 atom stereocenters. The summed E-state index contributed by atoms with van der Waals surface area (Å²) in [5.74, 6) is 0.823. The Kier molecular flexibility index (Phi) is 3.92. The normalized spacial score (nSPS) is 10.2. The van der Waals surface area contributed by atoms with Crippen molar-refractivity contribution in [1.29, 1.82) is 0 Å². The Hall–Kier alpha value is -1.95. The van der Waals surface area contributed by atoms with E-state index < -0.39 is 0 Å². The van der Waals surface area contributed by atoms with E-state index in [4.69, 9.17) is 0 Å². The summed E-state index contributed by atoms with van der Waals surface area (Å²) in [5, 5.41) is 3.38. The fraction of sp³-hybridized carbons (Fsp3) is 0. The fourth-order valence-electron chi connectivity index (χ4n) is 1.99. The van der Waals surface area contributed by atoms with Gasteiger partial charge in [0.25, 0.3) is 0 Å². The molecule has 0 radical (unpaired) electrons. The van der Waals surface area contributed by atoms with Crippen molar-refractivity contribution in [2.24, 2.45) is 0 Å². The van der Waals surface area contributed by atoms with E-state index in [-0.39, 0.29) is 0 Å². The molecule has 3 aromatic rings. The number of hydrogen-bond acceptors (Lipinski definition) is 3. The first kappa shape index (κ1) is 13.1. The van der Waals surface area contributed by atoms with Gasteiger partial charge in [-0.3, -0.25) is 0 Å². The Labute approximate surface area is 131 Å². The molecule has 3 rings (SSSR count). The summed E-state index contributed by atoms with van der Waals surface area (Å²) < 4.78 is 0.993. The number of aromatic nitrogens is 2. The van der Waals surface area contributed by atoms with E-state index in [1.54, 1.807) is 12.5 Å². The first-order valence-corrected chi connectivity index (χ1v) is 7.29. The molecule has 4 heteroatoms. The summed E-state index contributed by atoms with van der Waals surface area (Å²) in [4.78, 5) is 8.29. The van der Waals surface area contributed by atoms with Crippen molar-refractivity contribution in [3.05, 3.63) is 70.7 Å². The number of anilines is 2. The molecule has 0 aliphatic rings. The van der Waals surface area contributed by atoms with Gasteiger partial charge in [-0.2, -0.15) is 0 Å². The molecular formula is C16H12IN3. The summed E-state index contributed by atoms with van der Waals surface area (Å²) in [6.07, 6.45) is 3.34. The SMILES string of the molecule is Ic1cncnc1Nc1ccccc1-c1ccccc1. The van der Waals surface area contributed by atoms with Gasteiger partial charge in [0.15, 0.2) is 0 Å². The second kappa shape index (κ2) is 6.00. The third kappa shape index (κ3) is 2.80. The molecular weight excluding hydrogens is 361 g/mol. The van der Waals surface area contributed by atoms with Gasteiger partial charge in [0.05, 0.1) is 3.57 Å². The second-order valence-electron chi connectivity index (χ2n) is 4.26. The minimum Gasteiger partial charge on any atom is -0.339 e. The maximum absolute atomic E-state index is 4.28. The monoisotopic (exact) mass is 373 g/mol. The summed E-state index contributed by atoms with van der Waals surface area (Å²) >= 11 is 2.23. The number of para-hydroxylation sites is 1. The lowest BCUT2D eigenvalue weighted by molar-refractivity contribution is 1.15. The first-order valence-electron chi connectivity index (χ1n) is 6.21. The van der Waals surface area contributed by atoms with Crippen molar-refractivity contribution in [3.8, 4) is 11.1 Å². The topological polar surface area (TPSA) is 37.8 Å². The second-order valence-corrected chi connectivity index (χ2v) is 5.42. The maximum Gasteiger partial charge on any atom is 0.147 e. The Morgan fingerprint density at radius 2 is 1.65 bits per heavy atom. The lowest BCUT2D eigenvalue weighted by Gasteiger charge is -2.12. The molecule has 98 valence electrons. The zero-order chi connectivity index (χ0) is 13.8. The van der Waals surface area contributed by atoms with Crippen LogP contribution in [0.4, 0.5) is 11.5 Å². The smallest absolute Gasteiger partial charge is 0.147 e. The first-order chi connectivity index (χ1) is 9.84. The molecule has 2 aromatic carbocycles. The van der Waals surface area contributed by atoms with Crippen LogP contribution in [0.5, 0.6) is 0 Å². The largest absolute Gasteiger partial charge is 0.339 e. The predicted octanol–water partition coefficient (Wildman–Crippen LogP) is 4.49. The van der Waals surface area contributed by atoms with Gasteiger partial charge in [-0.1, -0.05) is 48.5 Å². The molecule has 1 N–H and O–H groups in total. The van der Waals surface area contributed by atoms with E-state index in [9.17, 15) is 0 Å². The highest BCUT2D eigenvalue weighted by molar-refractivity contribution is 14.1. The molecule has 0 amide bonds. The van der Waals surface area contributed by atoms with Crippen molar-refractivity contribution in [2.75, 3.05) is 5.32 Å². The molecule has 0 fully saturated rings. The Bertz CT molecular complexity index is 714. The van der Waals surface area contributed by atoms with Crippen LogP contribution in [-0.4, -0.2) is 9.97 Å². The third-order valence-corrected chi connectivity index (χ3v) is 3.72. The van der Waals surface area contributed by atoms with Gasteiger partial charge in [-0.25, -0.2) is 9.97 Å². The maximum atomic E-state index is 4.28. The molecule has 0 saturated heterocycles. The Morgan fingerprint density at radius 3 is 2.45 bits per heavy atom. The van der Waals surface area contributed by atoms with Crippen molar-refractivity contribution >= 4 is 34.1 Å². The third-order valence-electron chi connectivity index (χ3n) is 2.93. The summed E-state index contributed by atoms with van der Waals surface area (Å²) in [6, 6.07) is 18.5. The van der Waals surface area contributed by atoms with Crippen LogP contribution in [0.3, 0.4) is 0 Å². The van der Waals surface area contributed by atoms with E-state index in [0.717, 1.165) is 20.6 Å². The van der Waals surface area contributed by atoms with Crippen molar-refractivity contribution in [1.82, 2.24) is 9.97 Å². The van der Waals surface area contributed by atoms with Crippen LogP contribution in [0.1, 0.15) is 0 Å². The summed E-state index contributed by atoms with van der Waals surface area (Å²) in [6.45, 7) is 0. The Balaban J connectivity index is 2.01. The van der Waals surface area contributed by atoms with Gasteiger partial charge in [-0.05, 0) is 34.2 Å². The number of nitrogens with one attached hydrogen (secondary N) is 1. The van der Waals surface area contributed by atoms with Crippen LogP contribution in [0, 0.1) is 3.57 Å². The molecule has 0 bridgehead atoms. The van der Waals surface area contributed by atoms with Crippen molar-refractivity contribution in [3.63, 3.8) is 0 Å². The average molecular weight is 373 g/mol. The van der Waals surface area contributed by atoms with Gasteiger partial charge in [-0.15, -0.1) is 0 Å². The standard InChI is InChI=1S/C16H12IN3/c17-14-10-18-11-19-16(14)20-15-9-5-4-8-13(15)12-6-2-1-3-7-12/h1-11H,(H,18,19,20). The molecule has 20 heavy (non-hydrogen) atoms. The summed E-state index contributed by atoms with van der Waals surface area (Å²) in [5.41, 5.74) is 3.37. The number of halogens is 1. The number of rotatable bonds is 3. The number of benzene rings is 2. The van der Waals surface area contributed by atoms with E-state index in [2.05, 4.69) is 62.1 Å². The van der Waals surface area contributed by atoms with Crippen LogP contribution in [0.15, 0.2) is 67.1 Å². The van der Waals surface area contributed by atoms with Crippen LogP contribution < -0.4 is 5.32 Å². The molecule has 3 nitrogen and oxygen atoms in total. The predicted molar refractivity (Wildman–Crippen MR) is 89.9 cm³/mol. The number of nitrogens with zero attached hydrogens (tertiary/aromatic N) is 2. The molecule has 0 saturated carbocycles. The van der Waals surface area contributed by atoms with Crippen LogP contribution in [0.25, 0.3) is 11.1 Å². The Morgan fingerprint density at radius 1 is 0.900 bits per heavy atom. The highest BCUT2D eigenvalue weighted by atomic mass is 127. The van der Waals surface area contributed by atoms with Crippen LogP contribution in [-0.2, 0) is 0 Å². The highest BCUT2D eigenvalue weighted by Crippen LogP contribution is 2.30. The van der Waals surface area contributed by atoms with E-state index in [0.29, 0.717) is 0 Å². The summed E-state index contributed by atoms with van der Waals surface area (Å²) in [7, 11) is 0. The van der Waals surface area contributed by atoms with Gasteiger partial charge in [0.1, 0.15) is 12.1 Å². The molecule has 0 aliphatic carbocycles. The number of hydrogen-bond donors (Lipinski definition) is 1. The minimum atomic E-state index is 0.823. The van der Waals surface area contributed by atoms with Gasteiger partial charge in [0, 0.05) is 17.4 Å². The molecule has 1 heterocycles. The van der Waals surface area contributed by atoms with E-state index in [1.807, 2.05) is 30.3 Å². The average Bonchev–Trinajstić information content (AvgIpc) is 2.51. The zero-order valence-corrected chi connectivity index (χ0v) is 12.8.